The highest BCUT2D eigenvalue weighted by Crippen LogP contribution is 2.25. The summed E-state index contributed by atoms with van der Waals surface area (Å²) in [6, 6.07) is 8.44. The van der Waals surface area contributed by atoms with Gasteiger partial charge in [-0.25, -0.2) is 13.4 Å². The summed E-state index contributed by atoms with van der Waals surface area (Å²) < 4.78 is 32.5. The normalized spacial score (nSPS) is 11.8. The van der Waals surface area contributed by atoms with E-state index < -0.39 is 10.0 Å². The molecular formula is C13H12N2O3S2. The highest BCUT2D eigenvalue weighted by Gasteiger charge is 2.17. The smallest absolute Gasteiger partial charge is 0.271 e. The van der Waals surface area contributed by atoms with Crippen LogP contribution in [-0.2, 0) is 16.4 Å². The van der Waals surface area contributed by atoms with E-state index in [9.17, 15) is 8.42 Å². The zero-order valence-electron chi connectivity index (χ0n) is 10.7. The molecule has 7 heteroatoms. The topological polar surface area (TPSA) is 72.2 Å². The highest BCUT2D eigenvalue weighted by atomic mass is 32.2. The van der Waals surface area contributed by atoms with Gasteiger partial charge in [-0.3, -0.25) is 4.72 Å². The molecule has 2 aromatic heterocycles. The molecule has 0 radical (unpaired) electrons. The summed E-state index contributed by atoms with van der Waals surface area (Å²) in [7, 11) is -3.54. The second-order valence-electron chi connectivity index (χ2n) is 4.21. The van der Waals surface area contributed by atoms with Gasteiger partial charge in [0.15, 0.2) is 12.0 Å². The minimum Gasteiger partial charge on any atom is -0.443 e. The Kier molecular flexibility index (Phi) is 3.23. The molecule has 3 aromatic rings. The molecule has 20 heavy (non-hydrogen) atoms. The first-order chi connectivity index (χ1) is 9.58. The van der Waals surface area contributed by atoms with Crippen molar-refractivity contribution in [1.29, 1.82) is 0 Å². The monoisotopic (exact) mass is 308 g/mol. The predicted octanol–water partition coefficient (Wildman–Crippen LogP) is 3.25. The van der Waals surface area contributed by atoms with E-state index in [0.717, 1.165) is 11.3 Å². The molecule has 1 aromatic carbocycles. The summed E-state index contributed by atoms with van der Waals surface area (Å²) in [5.41, 5.74) is 1.71. The van der Waals surface area contributed by atoms with Crippen LogP contribution < -0.4 is 4.72 Å². The molecular weight excluding hydrogens is 296 g/mol. The summed E-state index contributed by atoms with van der Waals surface area (Å²) in [6.45, 7) is 1.99. The number of fused-ring (bicyclic) bond motifs is 1. The Morgan fingerprint density at radius 2 is 2.15 bits per heavy atom. The van der Waals surface area contributed by atoms with Crippen LogP contribution in [0, 0.1) is 0 Å². The van der Waals surface area contributed by atoms with Gasteiger partial charge in [0.05, 0.1) is 5.69 Å². The Hall–Kier alpha value is -1.86. The lowest BCUT2D eigenvalue weighted by Crippen LogP contribution is -2.11. The van der Waals surface area contributed by atoms with Gasteiger partial charge in [-0.2, -0.15) is 0 Å². The molecule has 0 unspecified atom stereocenters. The van der Waals surface area contributed by atoms with E-state index in [1.165, 1.54) is 17.7 Å². The average Bonchev–Trinajstić information content (AvgIpc) is 3.06. The Morgan fingerprint density at radius 1 is 1.30 bits per heavy atom. The molecule has 0 atom stereocenters. The third-order valence-electron chi connectivity index (χ3n) is 2.83. The van der Waals surface area contributed by atoms with Gasteiger partial charge in [0.1, 0.15) is 9.73 Å². The van der Waals surface area contributed by atoms with Crippen molar-refractivity contribution >= 4 is 38.1 Å². The van der Waals surface area contributed by atoms with Gasteiger partial charge in [0, 0.05) is 4.88 Å². The Morgan fingerprint density at radius 3 is 2.90 bits per heavy atom. The number of nitrogens with one attached hydrogen (secondary N) is 1. The van der Waals surface area contributed by atoms with Gasteiger partial charge >= 0.3 is 0 Å². The molecule has 1 N–H and O–H groups in total. The number of rotatable bonds is 4. The molecule has 0 aliphatic rings. The first kappa shape index (κ1) is 13.1. The lowest BCUT2D eigenvalue weighted by molar-refractivity contribution is 0.601. The first-order valence-corrected chi connectivity index (χ1v) is 8.33. The number of benzene rings is 1. The predicted molar refractivity (Wildman–Crippen MR) is 78.5 cm³/mol. The second-order valence-corrected chi connectivity index (χ2v) is 7.29. The van der Waals surface area contributed by atoms with E-state index >= 15 is 0 Å². The lowest BCUT2D eigenvalue weighted by Gasteiger charge is -2.05. The molecule has 0 saturated heterocycles. The Labute approximate surface area is 120 Å². The van der Waals surface area contributed by atoms with Crippen LogP contribution in [0.4, 0.5) is 5.69 Å². The summed E-state index contributed by atoms with van der Waals surface area (Å²) >= 11 is 1.28. The third kappa shape index (κ3) is 2.41. The molecule has 0 bridgehead atoms. The number of hydrogen-bond donors (Lipinski definition) is 1. The van der Waals surface area contributed by atoms with Crippen molar-refractivity contribution < 1.29 is 12.8 Å². The molecule has 0 aliphatic carbocycles. The summed E-state index contributed by atoms with van der Waals surface area (Å²) in [5.74, 6) is 0. The number of anilines is 1. The van der Waals surface area contributed by atoms with Crippen LogP contribution >= 0.6 is 11.3 Å². The van der Waals surface area contributed by atoms with E-state index in [4.69, 9.17) is 4.42 Å². The van der Waals surface area contributed by atoms with Gasteiger partial charge in [-0.15, -0.1) is 11.3 Å². The molecule has 2 heterocycles. The number of aromatic nitrogens is 1. The van der Waals surface area contributed by atoms with Crippen LogP contribution in [0.1, 0.15) is 11.8 Å². The number of nitrogens with zero attached hydrogens (tertiary/aromatic N) is 1. The van der Waals surface area contributed by atoms with Crippen molar-refractivity contribution in [1.82, 2.24) is 4.98 Å². The maximum Gasteiger partial charge on any atom is 0.271 e. The average molecular weight is 308 g/mol. The largest absolute Gasteiger partial charge is 0.443 e. The van der Waals surface area contributed by atoms with Gasteiger partial charge in [-0.05, 0) is 36.8 Å². The molecule has 0 saturated carbocycles. The van der Waals surface area contributed by atoms with Crippen LogP contribution in [-0.4, -0.2) is 13.4 Å². The molecule has 0 spiro atoms. The third-order valence-corrected chi connectivity index (χ3v) is 5.94. The zero-order valence-corrected chi connectivity index (χ0v) is 12.3. The van der Waals surface area contributed by atoms with E-state index in [1.54, 1.807) is 24.3 Å². The van der Waals surface area contributed by atoms with Crippen molar-refractivity contribution in [2.24, 2.45) is 0 Å². The van der Waals surface area contributed by atoms with Crippen molar-refractivity contribution in [3.63, 3.8) is 0 Å². The quantitative estimate of drug-likeness (QED) is 0.803. The molecule has 0 aliphatic heterocycles. The van der Waals surface area contributed by atoms with Crippen LogP contribution in [0.3, 0.4) is 0 Å². The number of thiophene rings is 1. The molecule has 5 nitrogen and oxygen atoms in total. The second kappa shape index (κ2) is 4.92. The zero-order chi connectivity index (χ0) is 14.2. The Balaban J connectivity index is 1.92. The summed E-state index contributed by atoms with van der Waals surface area (Å²) in [5, 5.41) is 0. The fourth-order valence-corrected chi connectivity index (χ4v) is 4.16. The van der Waals surface area contributed by atoms with E-state index in [2.05, 4.69) is 9.71 Å². The maximum absolute atomic E-state index is 12.3. The fourth-order valence-electron chi connectivity index (χ4n) is 1.82. The maximum atomic E-state index is 12.3. The highest BCUT2D eigenvalue weighted by molar-refractivity contribution is 7.94. The molecule has 104 valence electrons. The standard InChI is InChI=1S/C13H12N2O3S2/c1-2-10-4-6-13(19-10)20(16,17)15-9-3-5-12-11(7-9)14-8-18-12/h3-8,15H,2H2,1H3. The van der Waals surface area contributed by atoms with Crippen LogP contribution in [0.25, 0.3) is 11.1 Å². The minimum atomic E-state index is -3.54. The molecule has 0 fully saturated rings. The van der Waals surface area contributed by atoms with E-state index in [1.807, 2.05) is 13.0 Å². The van der Waals surface area contributed by atoms with Gasteiger partial charge in [-0.1, -0.05) is 6.92 Å². The van der Waals surface area contributed by atoms with Crippen LogP contribution in [0.2, 0.25) is 0 Å². The first-order valence-electron chi connectivity index (χ1n) is 6.03. The van der Waals surface area contributed by atoms with Gasteiger partial charge in [0.25, 0.3) is 10.0 Å². The summed E-state index contributed by atoms with van der Waals surface area (Å²) in [6.07, 6.45) is 2.15. The van der Waals surface area contributed by atoms with Crippen molar-refractivity contribution in [3.05, 3.63) is 41.6 Å². The Bertz CT molecular complexity index is 849. The van der Waals surface area contributed by atoms with Crippen LogP contribution in [0.5, 0.6) is 0 Å². The van der Waals surface area contributed by atoms with E-state index in [-0.39, 0.29) is 0 Å². The number of aryl methyl sites for hydroxylation is 1. The minimum absolute atomic E-state index is 0.314. The van der Waals surface area contributed by atoms with E-state index in [0.29, 0.717) is 21.0 Å². The van der Waals surface area contributed by atoms with Crippen molar-refractivity contribution in [2.75, 3.05) is 4.72 Å². The lowest BCUT2D eigenvalue weighted by atomic mass is 10.3. The van der Waals surface area contributed by atoms with Crippen LogP contribution in [0.15, 0.2) is 45.4 Å². The number of hydrogen-bond acceptors (Lipinski definition) is 5. The molecule has 3 rings (SSSR count). The van der Waals surface area contributed by atoms with Gasteiger partial charge < -0.3 is 4.42 Å². The van der Waals surface area contributed by atoms with Crippen molar-refractivity contribution in [2.45, 2.75) is 17.6 Å². The number of oxazole rings is 1. The molecule has 0 amide bonds. The van der Waals surface area contributed by atoms with Gasteiger partial charge in [0.2, 0.25) is 0 Å². The SMILES string of the molecule is CCc1ccc(S(=O)(=O)Nc2ccc3ocnc3c2)s1. The fraction of sp³-hybridized carbons (Fsp3) is 0.154. The number of sulfonamides is 1. The van der Waals surface area contributed by atoms with Crippen molar-refractivity contribution in [3.8, 4) is 0 Å². The summed E-state index contributed by atoms with van der Waals surface area (Å²) in [4.78, 5) is 5.04.